The molecular weight excluding hydrogens is 222 g/mol. The highest BCUT2D eigenvalue weighted by Crippen LogP contribution is 2.38. The summed E-state index contributed by atoms with van der Waals surface area (Å²) in [4.78, 5) is 15.0. The number of hydrogen-bond acceptors (Lipinski definition) is 3. The smallest absolute Gasteiger partial charge is 0.349 e. The van der Waals surface area contributed by atoms with Gasteiger partial charge in [0.2, 0.25) is 0 Å². The molecule has 0 aromatic carbocycles. The molecule has 1 aromatic heterocycles. The number of nitrogens with zero attached hydrogens (tertiary/aromatic N) is 1. The number of halogens is 1. The van der Waals surface area contributed by atoms with Gasteiger partial charge in [-0.2, -0.15) is 0 Å². The zero-order chi connectivity index (χ0) is 10.1. The van der Waals surface area contributed by atoms with Gasteiger partial charge in [0.25, 0.3) is 0 Å². The van der Waals surface area contributed by atoms with E-state index < -0.39 is 5.97 Å². The maximum atomic E-state index is 10.7. The normalized spacial score (nSPS) is 17.5. The summed E-state index contributed by atoms with van der Waals surface area (Å²) < 4.78 is 0. The van der Waals surface area contributed by atoms with Crippen molar-refractivity contribution in [2.45, 2.75) is 31.6 Å². The van der Waals surface area contributed by atoms with Gasteiger partial charge in [-0.1, -0.05) is 24.4 Å². The lowest BCUT2D eigenvalue weighted by atomic mass is 10.1. The number of aromatic carboxylic acids is 1. The van der Waals surface area contributed by atoms with Crippen molar-refractivity contribution in [2.75, 3.05) is 0 Å². The highest BCUT2D eigenvalue weighted by Gasteiger charge is 2.24. The summed E-state index contributed by atoms with van der Waals surface area (Å²) in [6, 6.07) is 0. The molecule has 1 aromatic rings. The van der Waals surface area contributed by atoms with Crippen molar-refractivity contribution < 1.29 is 9.90 Å². The van der Waals surface area contributed by atoms with Crippen LogP contribution in [0.5, 0.6) is 0 Å². The van der Waals surface area contributed by atoms with Crippen LogP contribution in [-0.2, 0) is 0 Å². The van der Waals surface area contributed by atoms with E-state index in [-0.39, 0.29) is 10.0 Å². The first kappa shape index (κ1) is 9.93. The van der Waals surface area contributed by atoms with E-state index in [9.17, 15) is 4.79 Å². The SMILES string of the molecule is O=C(O)c1sc(C2CCCC2)nc1Cl. The third-order valence-electron chi connectivity index (χ3n) is 2.50. The summed E-state index contributed by atoms with van der Waals surface area (Å²) in [5.74, 6) is -0.539. The van der Waals surface area contributed by atoms with Gasteiger partial charge in [-0.3, -0.25) is 0 Å². The number of thiazole rings is 1. The van der Waals surface area contributed by atoms with Crippen molar-refractivity contribution >= 4 is 28.9 Å². The second-order valence-corrected chi connectivity index (χ2v) is 4.85. The largest absolute Gasteiger partial charge is 0.477 e. The molecule has 76 valence electrons. The van der Waals surface area contributed by atoms with E-state index in [4.69, 9.17) is 16.7 Å². The average Bonchev–Trinajstić information content (AvgIpc) is 2.70. The molecule has 0 aliphatic heterocycles. The average molecular weight is 232 g/mol. The molecule has 0 spiro atoms. The van der Waals surface area contributed by atoms with Gasteiger partial charge in [-0.25, -0.2) is 9.78 Å². The molecule has 1 aliphatic rings. The van der Waals surface area contributed by atoms with E-state index in [1.54, 1.807) is 0 Å². The zero-order valence-electron chi connectivity index (χ0n) is 7.49. The molecule has 0 atom stereocenters. The third kappa shape index (κ3) is 1.77. The van der Waals surface area contributed by atoms with Crippen LogP contribution < -0.4 is 0 Å². The van der Waals surface area contributed by atoms with Crippen LogP contribution in [0.1, 0.15) is 46.3 Å². The Morgan fingerprint density at radius 2 is 2.14 bits per heavy atom. The lowest BCUT2D eigenvalue weighted by Gasteiger charge is -2.01. The molecule has 0 saturated heterocycles. The van der Waals surface area contributed by atoms with Gasteiger partial charge >= 0.3 is 5.97 Å². The Hall–Kier alpha value is -0.610. The molecule has 0 amide bonds. The number of rotatable bonds is 2. The molecular formula is C9H10ClNO2S. The molecule has 1 aliphatic carbocycles. The quantitative estimate of drug-likeness (QED) is 0.851. The Labute approximate surface area is 90.7 Å². The number of aromatic nitrogens is 1. The Bertz CT molecular complexity index is 358. The van der Waals surface area contributed by atoms with E-state index >= 15 is 0 Å². The van der Waals surface area contributed by atoms with Crippen molar-refractivity contribution in [3.63, 3.8) is 0 Å². The van der Waals surface area contributed by atoms with Gasteiger partial charge < -0.3 is 5.11 Å². The van der Waals surface area contributed by atoms with Crippen LogP contribution in [0, 0.1) is 0 Å². The number of hydrogen-bond donors (Lipinski definition) is 1. The second kappa shape index (κ2) is 3.87. The fourth-order valence-electron chi connectivity index (χ4n) is 1.80. The molecule has 1 heterocycles. The summed E-state index contributed by atoms with van der Waals surface area (Å²) in [6.45, 7) is 0. The fourth-order valence-corrected chi connectivity index (χ4v) is 3.10. The minimum absolute atomic E-state index is 0.143. The van der Waals surface area contributed by atoms with E-state index in [1.165, 1.54) is 24.2 Å². The molecule has 1 saturated carbocycles. The summed E-state index contributed by atoms with van der Waals surface area (Å²) in [6.07, 6.45) is 4.65. The Morgan fingerprint density at radius 1 is 1.50 bits per heavy atom. The van der Waals surface area contributed by atoms with Crippen LogP contribution in [0.3, 0.4) is 0 Å². The monoisotopic (exact) mass is 231 g/mol. The molecule has 0 radical (unpaired) electrons. The maximum absolute atomic E-state index is 10.7. The van der Waals surface area contributed by atoms with E-state index in [2.05, 4.69) is 4.98 Å². The van der Waals surface area contributed by atoms with Crippen LogP contribution in [-0.4, -0.2) is 16.1 Å². The van der Waals surface area contributed by atoms with Crippen molar-refractivity contribution in [1.82, 2.24) is 4.98 Å². The third-order valence-corrected chi connectivity index (χ3v) is 4.09. The summed E-state index contributed by atoms with van der Waals surface area (Å²) >= 11 is 6.96. The fraction of sp³-hybridized carbons (Fsp3) is 0.556. The van der Waals surface area contributed by atoms with Gasteiger partial charge in [-0.05, 0) is 12.8 Å². The summed E-state index contributed by atoms with van der Waals surface area (Å²) in [5.41, 5.74) is 0. The summed E-state index contributed by atoms with van der Waals surface area (Å²) in [7, 11) is 0. The lowest BCUT2D eigenvalue weighted by molar-refractivity contribution is 0.0702. The van der Waals surface area contributed by atoms with Gasteiger partial charge in [-0.15, -0.1) is 11.3 Å². The van der Waals surface area contributed by atoms with E-state index in [1.807, 2.05) is 0 Å². The highest BCUT2D eigenvalue weighted by atomic mass is 35.5. The highest BCUT2D eigenvalue weighted by molar-refractivity contribution is 7.14. The number of carboxylic acid groups (broad SMARTS) is 1. The van der Waals surface area contributed by atoms with Gasteiger partial charge in [0.1, 0.15) is 0 Å². The predicted octanol–water partition coefficient (Wildman–Crippen LogP) is 3.15. The topological polar surface area (TPSA) is 50.2 Å². The van der Waals surface area contributed by atoms with Crippen molar-refractivity contribution in [3.8, 4) is 0 Å². The van der Waals surface area contributed by atoms with Crippen molar-refractivity contribution in [1.29, 1.82) is 0 Å². The predicted molar refractivity (Wildman–Crippen MR) is 55.3 cm³/mol. The molecule has 14 heavy (non-hydrogen) atoms. The first-order valence-electron chi connectivity index (χ1n) is 4.58. The van der Waals surface area contributed by atoms with Crippen LogP contribution in [0.25, 0.3) is 0 Å². The number of carbonyl (C=O) groups is 1. The minimum atomic E-state index is -0.975. The van der Waals surface area contributed by atoms with Gasteiger partial charge in [0.05, 0.1) is 5.01 Å². The Kier molecular flexibility index (Phi) is 2.74. The molecule has 2 rings (SSSR count). The lowest BCUT2D eigenvalue weighted by Crippen LogP contribution is -1.91. The van der Waals surface area contributed by atoms with Gasteiger partial charge in [0.15, 0.2) is 10.0 Å². The van der Waals surface area contributed by atoms with Crippen LogP contribution in [0.4, 0.5) is 0 Å². The van der Waals surface area contributed by atoms with Gasteiger partial charge in [0, 0.05) is 5.92 Å². The van der Waals surface area contributed by atoms with E-state index in [0.717, 1.165) is 17.8 Å². The van der Waals surface area contributed by atoms with Crippen molar-refractivity contribution in [2.24, 2.45) is 0 Å². The molecule has 0 unspecified atom stereocenters. The zero-order valence-corrected chi connectivity index (χ0v) is 9.07. The molecule has 1 fully saturated rings. The summed E-state index contributed by atoms with van der Waals surface area (Å²) in [5, 5.41) is 9.84. The number of carboxylic acids is 1. The second-order valence-electron chi connectivity index (χ2n) is 3.46. The van der Waals surface area contributed by atoms with E-state index in [0.29, 0.717) is 5.92 Å². The van der Waals surface area contributed by atoms with Crippen LogP contribution >= 0.6 is 22.9 Å². The molecule has 5 heteroatoms. The first-order valence-corrected chi connectivity index (χ1v) is 5.77. The minimum Gasteiger partial charge on any atom is -0.477 e. The Balaban J connectivity index is 2.27. The Morgan fingerprint density at radius 3 is 2.64 bits per heavy atom. The molecule has 1 N–H and O–H groups in total. The molecule has 0 bridgehead atoms. The van der Waals surface area contributed by atoms with Crippen LogP contribution in [0.15, 0.2) is 0 Å². The first-order chi connectivity index (χ1) is 6.68. The van der Waals surface area contributed by atoms with Crippen molar-refractivity contribution in [3.05, 3.63) is 15.0 Å². The standard InChI is InChI=1S/C9H10ClNO2S/c10-7-6(9(12)13)14-8(11-7)5-3-1-2-4-5/h5H,1-4H2,(H,12,13). The maximum Gasteiger partial charge on any atom is 0.349 e. The van der Waals surface area contributed by atoms with Crippen LogP contribution in [0.2, 0.25) is 5.15 Å². The molecule has 3 nitrogen and oxygen atoms in total.